The van der Waals surface area contributed by atoms with Gasteiger partial charge in [-0.05, 0) is 32.6 Å². The van der Waals surface area contributed by atoms with Crippen molar-refractivity contribution in [1.82, 2.24) is 0 Å². The maximum absolute atomic E-state index is 8.94. The van der Waals surface area contributed by atoms with Gasteiger partial charge in [0.1, 0.15) is 0 Å². The number of ether oxygens (including phenoxy) is 1. The first-order valence-electron chi connectivity index (χ1n) is 4.65. The third-order valence-corrected chi connectivity index (χ3v) is 2.33. The van der Waals surface area contributed by atoms with Crippen LogP contribution in [-0.2, 0) is 4.74 Å². The lowest BCUT2D eigenvalue weighted by Crippen LogP contribution is -2.44. The minimum absolute atomic E-state index is 0.0346. The standard InChI is InChI=1S/C9H19NO2/c1-9(10,7-11)6-8-4-2-3-5-12-8/h8,11H,2-7,10H2,1H3. The summed E-state index contributed by atoms with van der Waals surface area (Å²) in [6, 6.07) is 0. The van der Waals surface area contributed by atoms with Gasteiger partial charge in [0, 0.05) is 12.1 Å². The highest BCUT2D eigenvalue weighted by molar-refractivity contribution is 4.82. The summed E-state index contributed by atoms with van der Waals surface area (Å²) in [4.78, 5) is 0. The van der Waals surface area contributed by atoms with Crippen LogP contribution in [0.3, 0.4) is 0 Å². The lowest BCUT2D eigenvalue weighted by molar-refractivity contribution is -0.00660. The van der Waals surface area contributed by atoms with Gasteiger partial charge in [-0.3, -0.25) is 0 Å². The van der Waals surface area contributed by atoms with E-state index in [1.165, 1.54) is 6.42 Å². The van der Waals surface area contributed by atoms with E-state index in [1.807, 2.05) is 6.92 Å². The van der Waals surface area contributed by atoms with Gasteiger partial charge in [0.2, 0.25) is 0 Å². The molecule has 0 aromatic carbocycles. The Kier molecular flexibility index (Phi) is 3.50. The SMILES string of the molecule is CC(N)(CO)CC1CCCCO1. The first-order chi connectivity index (χ1) is 5.64. The number of aliphatic hydroxyl groups is 1. The van der Waals surface area contributed by atoms with Crippen LogP contribution in [0.4, 0.5) is 0 Å². The Balaban J connectivity index is 2.28. The third-order valence-electron chi connectivity index (χ3n) is 2.33. The molecule has 1 rings (SSSR count). The van der Waals surface area contributed by atoms with E-state index >= 15 is 0 Å². The molecular formula is C9H19NO2. The van der Waals surface area contributed by atoms with Gasteiger partial charge >= 0.3 is 0 Å². The summed E-state index contributed by atoms with van der Waals surface area (Å²) in [6.07, 6.45) is 4.51. The number of hydrogen-bond donors (Lipinski definition) is 2. The van der Waals surface area contributed by atoms with Crippen molar-refractivity contribution in [3.63, 3.8) is 0 Å². The van der Waals surface area contributed by atoms with E-state index in [4.69, 9.17) is 15.6 Å². The highest BCUT2D eigenvalue weighted by Crippen LogP contribution is 2.20. The zero-order chi connectivity index (χ0) is 9.03. The third kappa shape index (κ3) is 3.09. The molecular weight excluding hydrogens is 154 g/mol. The molecule has 0 aliphatic carbocycles. The van der Waals surface area contributed by atoms with Gasteiger partial charge in [-0.1, -0.05) is 0 Å². The van der Waals surface area contributed by atoms with Gasteiger partial charge in [0.05, 0.1) is 12.7 Å². The first-order valence-corrected chi connectivity index (χ1v) is 4.65. The fourth-order valence-electron chi connectivity index (χ4n) is 1.55. The second-order valence-electron chi connectivity index (χ2n) is 4.00. The molecule has 0 amide bonds. The van der Waals surface area contributed by atoms with Crippen LogP contribution in [0.15, 0.2) is 0 Å². The van der Waals surface area contributed by atoms with Crippen LogP contribution in [0.2, 0.25) is 0 Å². The molecule has 0 aromatic heterocycles. The van der Waals surface area contributed by atoms with E-state index in [-0.39, 0.29) is 12.7 Å². The highest BCUT2D eigenvalue weighted by atomic mass is 16.5. The van der Waals surface area contributed by atoms with Crippen LogP contribution < -0.4 is 5.73 Å². The van der Waals surface area contributed by atoms with Gasteiger partial charge in [-0.2, -0.15) is 0 Å². The van der Waals surface area contributed by atoms with Crippen LogP contribution >= 0.6 is 0 Å². The van der Waals surface area contributed by atoms with Gasteiger partial charge in [0.25, 0.3) is 0 Å². The number of aliphatic hydroxyl groups excluding tert-OH is 1. The quantitative estimate of drug-likeness (QED) is 0.659. The smallest absolute Gasteiger partial charge is 0.0609 e. The molecule has 1 aliphatic heterocycles. The average molecular weight is 173 g/mol. The molecule has 0 spiro atoms. The predicted molar refractivity (Wildman–Crippen MR) is 47.9 cm³/mol. The topological polar surface area (TPSA) is 55.5 Å². The highest BCUT2D eigenvalue weighted by Gasteiger charge is 2.24. The normalized spacial score (nSPS) is 29.8. The summed E-state index contributed by atoms with van der Waals surface area (Å²) in [5, 5.41) is 8.94. The fourth-order valence-corrected chi connectivity index (χ4v) is 1.55. The van der Waals surface area contributed by atoms with E-state index in [1.54, 1.807) is 0 Å². The van der Waals surface area contributed by atoms with Crippen molar-refractivity contribution in [1.29, 1.82) is 0 Å². The van der Waals surface area contributed by atoms with Crippen molar-refractivity contribution >= 4 is 0 Å². The summed E-state index contributed by atoms with van der Waals surface area (Å²) < 4.78 is 5.52. The van der Waals surface area contributed by atoms with E-state index in [0.29, 0.717) is 0 Å². The maximum atomic E-state index is 8.94. The van der Waals surface area contributed by atoms with E-state index < -0.39 is 5.54 Å². The molecule has 1 saturated heterocycles. The molecule has 0 aromatic rings. The largest absolute Gasteiger partial charge is 0.394 e. The minimum atomic E-state index is -0.470. The molecule has 0 bridgehead atoms. The van der Waals surface area contributed by atoms with E-state index in [2.05, 4.69) is 0 Å². The molecule has 1 aliphatic rings. The van der Waals surface area contributed by atoms with Crippen LogP contribution in [-0.4, -0.2) is 30.0 Å². The molecule has 1 fully saturated rings. The van der Waals surface area contributed by atoms with Crippen molar-refractivity contribution in [3.8, 4) is 0 Å². The molecule has 2 unspecified atom stereocenters. The Morgan fingerprint density at radius 2 is 2.33 bits per heavy atom. The maximum Gasteiger partial charge on any atom is 0.0609 e. The fraction of sp³-hybridized carbons (Fsp3) is 1.00. The molecule has 2 atom stereocenters. The number of rotatable bonds is 3. The summed E-state index contributed by atoms with van der Waals surface area (Å²) in [5.74, 6) is 0. The Hall–Kier alpha value is -0.120. The summed E-state index contributed by atoms with van der Waals surface area (Å²) >= 11 is 0. The molecule has 12 heavy (non-hydrogen) atoms. The van der Waals surface area contributed by atoms with E-state index in [9.17, 15) is 0 Å². The lowest BCUT2D eigenvalue weighted by Gasteiger charge is -2.30. The van der Waals surface area contributed by atoms with Crippen molar-refractivity contribution in [3.05, 3.63) is 0 Å². The molecule has 3 heteroatoms. The molecule has 0 saturated carbocycles. The van der Waals surface area contributed by atoms with Gasteiger partial charge in [-0.25, -0.2) is 0 Å². The van der Waals surface area contributed by atoms with Crippen molar-refractivity contribution in [2.24, 2.45) is 5.73 Å². The Labute approximate surface area is 73.9 Å². The van der Waals surface area contributed by atoms with Gasteiger partial charge in [0.15, 0.2) is 0 Å². The monoisotopic (exact) mass is 173 g/mol. The Morgan fingerprint density at radius 3 is 2.83 bits per heavy atom. The number of nitrogens with two attached hydrogens (primary N) is 1. The van der Waals surface area contributed by atoms with Crippen LogP contribution in [0.5, 0.6) is 0 Å². The van der Waals surface area contributed by atoms with E-state index in [0.717, 1.165) is 25.9 Å². The zero-order valence-corrected chi connectivity index (χ0v) is 7.75. The van der Waals surface area contributed by atoms with Crippen LogP contribution in [0, 0.1) is 0 Å². The minimum Gasteiger partial charge on any atom is -0.394 e. The lowest BCUT2D eigenvalue weighted by atomic mass is 9.93. The summed E-state index contributed by atoms with van der Waals surface area (Å²) in [5.41, 5.74) is 5.35. The first kappa shape index (κ1) is 9.96. The molecule has 1 heterocycles. The summed E-state index contributed by atoms with van der Waals surface area (Å²) in [7, 11) is 0. The summed E-state index contributed by atoms with van der Waals surface area (Å²) in [6.45, 7) is 2.75. The van der Waals surface area contributed by atoms with Crippen molar-refractivity contribution in [2.45, 2.75) is 44.2 Å². The Morgan fingerprint density at radius 1 is 1.58 bits per heavy atom. The van der Waals surface area contributed by atoms with Crippen LogP contribution in [0.1, 0.15) is 32.6 Å². The van der Waals surface area contributed by atoms with Crippen molar-refractivity contribution < 1.29 is 9.84 Å². The predicted octanol–water partition coefficient (Wildman–Crippen LogP) is 0.655. The molecule has 0 radical (unpaired) electrons. The average Bonchev–Trinajstić information content (AvgIpc) is 2.06. The van der Waals surface area contributed by atoms with Crippen LogP contribution in [0.25, 0.3) is 0 Å². The molecule has 72 valence electrons. The molecule has 3 N–H and O–H groups in total. The second-order valence-corrected chi connectivity index (χ2v) is 4.00. The van der Waals surface area contributed by atoms with Crippen molar-refractivity contribution in [2.75, 3.05) is 13.2 Å². The van der Waals surface area contributed by atoms with Gasteiger partial charge < -0.3 is 15.6 Å². The zero-order valence-electron chi connectivity index (χ0n) is 7.75. The van der Waals surface area contributed by atoms with Gasteiger partial charge in [-0.15, -0.1) is 0 Å². The second kappa shape index (κ2) is 4.21. The number of hydrogen-bond acceptors (Lipinski definition) is 3. The molecule has 3 nitrogen and oxygen atoms in total. The Bertz CT molecular complexity index is 130.